The highest BCUT2D eigenvalue weighted by molar-refractivity contribution is 6.19. The van der Waals surface area contributed by atoms with Crippen LogP contribution in [0.5, 0.6) is 0 Å². The number of benzene rings is 3. The topological polar surface area (TPSA) is 17.0 Å². The lowest BCUT2D eigenvalue weighted by Gasteiger charge is -2.07. The van der Waals surface area contributed by atoms with E-state index >= 15 is 0 Å². The van der Waals surface area contributed by atoms with Crippen LogP contribution in [0.15, 0.2) is 65.2 Å². The summed E-state index contributed by atoms with van der Waals surface area (Å²) in [6.07, 6.45) is 1.41. The van der Waals surface area contributed by atoms with Crippen LogP contribution < -0.4 is 4.57 Å². The molecule has 0 saturated carbocycles. The Morgan fingerprint density at radius 3 is 2.56 bits per heavy atom. The Balaban J connectivity index is 1.84. The summed E-state index contributed by atoms with van der Waals surface area (Å²) in [4.78, 5) is 0. The highest BCUT2D eigenvalue weighted by Gasteiger charge is 2.18. The molecular weight excluding hydrogens is 330 g/mol. The van der Waals surface area contributed by atoms with Crippen LogP contribution in [0.1, 0.15) is 24.9 Å². The molecule has 0 bridgehead atoms. The molecule has 5 rings (SSSR count). The number of fused-ring (bicyclic) bond motifs is 5. The first-order valence-electron chi connectivity index (χ1n) is 11.8. The van der Waals surface area contributed by atoms with Crippen LogP contribution in [-0.4, -0.2) is 0 Å². The van der Waals surface area contributed by atoms with Gasteiger partial charge in [-0.15, -0.1) is 0 Å². The van der Waals surface area contributed by atoms with E-state index in [-0.39, 0.29) is 11.1 Å². The van der Waals surface area contributed by atoms with Gasteiger partial charge in [0.1, 0.15) is 18.2 Å². The van der Waals surface area contributed by atoms with Crippen LogP contribution in [0.4, 0.5) is 0 Å². The van der Waals surface area contributed by atoms with Crippen LogP contribution >= 0.6 is 0 Å². The standard InChI is InChI=1S/C25H22NO/c1-15-11-22(26(4)14-17(15)3)20-13-21-24(12-16(20)2)27-23-10-9-18-7-5-6-8-19(18)25(21)23/h5-14H,1-4H3/q+1/i1D3,3D3. The van der Waals surface area contributed by atoms with Crippen molar-refractivity contribution in [3.8, 4) is 11.3 Å². The van der Waals surface area contributed by atoms with Gasteiger partial charge in [0.25, 0.3) is 0 Å². The summed E-state index contributed by atoms with van der Waals surface area (Å²) < 4.78 is 55.1. The second kappa shape index (κ2) is 5.68. The van der Waals surface area contributed by atoms with Crippen LogP contribution in [-0.2, 0) is 7.05 Å². The van der Waals surface area contributed by atoms with Crippen molar-refractivity contribution >= 4 is 32.7 Å². The summed E-state index contributed by atoms with van der Waals surface area (Å²) >= 11 is 0. The van der Waals surface area contributed by atoms with Crippen molar-refractivity contribution in [2.45, 2.75) is 20.6 Å². The molecule has 2 heterocycles. The first-order chi connectivity index (χ1) is 15.4. The van der Waals surface area contributed by atoms with E-state index in [0.717, 1.165) is 43.8 Å². The number of pyridine rings is 1. The van der Waals surface area contributed by atoms with E-state index in [9.17, 15) is 0 Å². The smallest absolute Gasteiger partial charge is 0.212 e. The number of furan rings is 1. The first kappa shape index (κ1) is 10.9. The number of hydrogen-bond donors (Lipinski definition) is 0. The zero-order chi connectivity index (χ0) is 23.7. The van der Waals surface area contributed by atoms with Gasteiger partial charge in [0.15, 0.2) is 6.20 Å². The zero-order valence-corrected chi connectivity index (χ0v) is 15.1. The number of hydrogen-bond acceptors (Lipinski definition) is 1. The van der Waals surface area contributed by atoms with Crippen LogP contribution in [0.3, 0.4) is 0 Å². The van der Waals surface area contributed by atoms with E-state index in [0.29, 0.717) is 5.69 Å². The lowest BCUT2D eigenvalue weighted by molar-refractivity contribution is -0.660. The highest BCUT2D eigenvalue weighted by Crippen LogP contribution is 2.37. The maximum atomic E-state index is 7.94. The Labute approximate surface area is 167 Å². The molecule has 0 atom stereocenters. The number of aryl methyl sites for hydroxylation is 4. The van der Waals surface area contributed by atoms with Gasteiger partial charge in [-0.3, -0.25) is 0 Å². The third-order valence-electron chi connectivity index (χ3n) is 5.26. The molecule has 0 fully saturated rings. The van der Waals surface area contributed by atoms with Crippen molar-refractivity contribution in [1.29, 1.82) is 0 Å². The van der Waals surface area contributed by atoms with E-state index in [1.807, 2.05) is 43.3 Å². The van der Waals surface area contributed by atoms with E-state index in [1.165, 1.54) is 12.3 Å². The van der Waals surface area contributed by atoms with Gasteiger partial charge in [0.2, 0.25) is 5.69 Å². The number of nitrogens with zero attached hydrogens (tertiary/aromatic N) is 1. The van der Waals surface area contributed by atoms with Crippen molar-refractivity contribution in [3.05, 3.63) is 77.5 Å². The highest BCUT2D eigenvalue weighted by atomic mass is 16.3. The van der Waals surface area contributed by atoms with Crippen molar-refractivity contribution in [3.63, 3.8) is 0 Å². The van der Waals surface area contributed by atoms with Crippen molar-refractivity contribution in [2.24, 2.45) is 7.05 Å². The molecule has 0 spiro atoms. The Hall–Kier alpha value is -3.13. The summed E-state index contributed by atoms with van der Waals surface area (Å²) in [7, 11) is 1.74. The van der Waals surface area contributed by atoms with Crippen molar-refractivity contribution < 1.29 is 17.2 Å². The summed E-state index contributed by atoms with van der Waals surface area (Å²) in [5.41, 5.74) is 3.57. The molecule has 2 heteroatoms. The second-order valence-corrected chi connectivity index (χ2v) is 7.02. The van der Waals surface area contributed by atoms with E-state index in [1.54, 1.807) is 11.6 Å². The largest absolute Gasteiger partial charge is 0.456 e. The zero-order valence-electron chi connectivity index (χ0n) is 21.1. The Bertz CT molecular complexity index is 1560. The molecule has 132 valence electrons. The lowest BCUT2D eigenvalue weighted by Crippen LogP contribution is -2.31. The second-order valence-electron chi connectivity index (χ2n) is 7.02. The molecule has 27 heavy (non-hydrogen) atoms. The normalized spacial score (nSPS) is 15.9. The van der Waals surface area contributed by atoms with E-state index < -0.39 is 13.7 Å². The molecule has 0 saturated heterocycles. The molecular formula is C25H22NO+. The maximum absolute atomic E-state index is 7.94. The fraction of sp³-hybridized carbons (Fsp3) is 0.160. The molecule has 0 aliphatic carbocycles. The average molecular weight is 358 g/mol. The molecule has 0 radical (unpaired) electrons. The third kappa shape index (κ3) is 2.37. The fourth-order valence-corrected chi connectivity index (χ4v) is 3.89. The van der Waals surface area contributed by atoms with Gasteiger partial charge in [-0.1, -0.05) is 30.3 Å². The molecule has 2 nitrogen and oxygen atoms in total. The summed E-state index contributed by atoms with van der Waals surface area (Å²) in [6, 6.07) is 17.5. The van der Waals surface area contributed by atoms with Crippen molar-refractivity contribution in [1.82, 2.24) is 0 Å². The quantitative estimate of drug-likeness (QED) is 0.328. The predicted molar refractivity (Wildman–Crippen MR) is 112 cm³/mol. The Kier molecular flexibility index (Phi) is 2.29. The molecule has 2 aromatic heterocycles. The van der Waals surface area contributed by atoms with Gasteiger partial charge >= 0.3 is 0 Å². The Morgan fingerprint density at radius 2 is 1.70 bits per heavy atom. The minimum atomic E-state index is -2.55. The van der Waals surface area contributed by atoms with E-state index in [4.69, 9.17) is 12.6 Å². The van der Waals surface area contributed by atoms with Gasteiger partial charge in [-0.05, 0) is 60.7 Å². The van der Waals surface area contributed by atoms with Gasteiger partial charge in [-0.2, -0.15) is 0 Å². The minimum Gasteiger partial charge on any atom is -0.456 e. The molecule has 0 aliphatic rings. The molecule has 0 aliphatic heterocycles. The third-order valence-corrected chi connectivity index (χ3v) is 5.26. The van der Waals surface area contributed by atoms with Crippen molar-refractivity contribution in [2.75, 3.05) is 0 Å². The maximum Gasteiger partial charge on any atom is 0.212 e. The summed E-state index contributed by atoms with van der Waals surface area (Å²) in [5.74, 6) is 0. The molecule has 0 amide bonds. The van der Waals surface area contributed by atoms with Crippen LogP contribution in [0.2, 0.25) is 0 Å². The SMILES string of the molecule is [2H]C([2H])([2H])c1cc(-c2cc3c(cc2C)oc2ccc4ccccc4c23)[n+](C)cc1C([2H])([2H])[2H]. The molecule has 5 aromatic rings. The van der Waals surface area contributed by atoms with Gasteiger partial charge < -0.3 is 4.42 Å². The average Bonchev–Trinajstić information content (AvgIpc) is 3.09. The lowest BCUT2D eigenvalue weighted by atomic mass is 9.97. The molecule has 0 unspecified atom stereocenters. The van der Waals surface area contributed by atoms with Gasteiger partial charge in [0.05, 0.1) is 0 Å². The fourth-order valence-electron chi connectivity index (χ4n) is 3.89. The van der Waals surface area contributed by atoms with E-state index in [2.05, 4.69) is 12.1 Å². The monoisotopic (exact) mass is 358 g/mol. The minimum absolute atomic E-state index is 0.155. The summed E-state index contributed by atoms with van der Waals surface area (Å²) in [5, 5.41) is 4.11. The Morgan fingerprint density at radius 1 is 0.852 bits per heavy atom. The molecule has 3 aromatic carbocycles. The van der Waals surface area contributed by atoms with Crippen LogP contribution in [0.25, 0.3) is 44.0 Å². The van der Waals surface area contributed by atoms with Crippen LogP contribution in [0, 0.1) is 20.6 Å². The molecule has 0 N–H and O–H groups in total. The van der Waals surface area contributed by atoms with Gasteiger partial charge in [0, 0.05) is 36.2 Å². The first-order valence-corrected chi connectivity index (χ1v) is 8.85. The predicted octanol–water partition coefficient (Wildman–Crippen LogP) is 6.16. The number of aromatic nitrogens is 1. The summed E-state index contributed by atoms with van der Waals surface area (Å²) in [6.45, 7) is -3.14. The number of rotatable bonds is 1. The van der Waals surface area contributed by atoms with Gasteiger partial charge in [-0.25, -0.2) is 4.57 Å².